The van der Waals surface area contributed by atoms with Crippen LogP contribution in [0.2, 0.25) is 0 Å². The van der Waals surface area contributed by atoms with Crippen molar-refractivity contribution in [3.63, 3.8) is 0 Å². The summed E-state index contributed by atoms with van der Waals surface area (Å²) in [5.74, 6) is 0. The number of hydrogen-bond donors (Lipinski definition) is 0. The predicted molar refractivity (Wildman–Crippen MR) is 90.6 cm³/mol. The first kappa shape index (κ1) is 20.1. The Morgan fingerprint density at radius 3 is 1.21 bits per heavy atom. The number of nitrogens with zero attached hydrogens (tertiary/aromatic N) is 2. The zero-order valence-corrected chi connectivity index (χ0v) is 15.9. The molecule has 1 heterocycles. The third-order valence-corrected chi connectivity index (χ3v) is 3.45. The van der Waals surface area contributed by atoms with E-state index in [9.17, 15) is 0 Å². The molecule has 1 aliphatic rings. The molecule has 0 aromatic rings. The Hall–Kier alpha value is 1.11. The second kappa shape index (κ2) is 8.53. The molecule has 2 nitrogen and oxygen atoms in total. The molecule has 0 aliphatic carbocycles. The summed E-state index contributed by atoms with van der Waals surface area (Å²) in [5, 5.41) is 0. The van der Waals surface area contributed by atoms with Crippen molar-refractivity contribution in [2.24, 2.45) is 0 Å². The molecule has 0 spiro atoms. The van der Waals surface area contributed by atoms with Gasteiger partial charge in [-0.15, -0.1) is 0 Å². The summed E-state index contributed by atoms with van der Waals surface area (Å²) in [6.45, 7) is 16.2. The van der Waals surface area contributed by atoms with Crippen molar-refractivity contribution in [1.82, 2.24) is 9.80 Å². The molecule has 5 heteroatoms. The summed E-state index contributed by atoms with van der Waals surface area (Å²) in [4.78, 5) is 5.20. The number of hydrogen-bond acceptors (Lipinski definition) is 2. The van der Waals surface area contributed by atoms with Crippen LogP contribution >= 0.6 is 0 Å². The molecule has 0 aromatic carbocycles. The van der Waals surface area contributed by atoms with Gasteiger partial charge >= 0.3 is 16.5 Å². The van der Waals surface area contributed by atoms with Gasteiger partial charge < -0.3 is 0 Å². The van der Waals surface area contributed by atoms with Crippen LogP contribution in [0.15, 0.2) is 0 Å². The van der Waals surface area contributed by atoms with Crippen LogP contribution in [0.5, 0.6) is 0 Å². The Morgan fingerprint density at radius 2 is 1.00 bits per heavy atom. The minimum atomic E-state index is 0. The van der Waals surface area contributed by atoms with Gasteiger partial charge in [0, 0.05) is 13.1 Å². The van der Waals surface area contributed by atoms with Crippen LogP contribution in [0, 0.1) is 0 Å². The van der Waals surface area contributed by atoms with E-state index in [1.807, 2.05) is 0 Å². The molecule has 0 bridgehead atoms. The molecule has 0 aromatic heterocycles. The van der Waals surface area contributed by atoms with Crippen LogP contribution < -0.4 is 0 Å². The normalized spacial score (nSPS) is 20.5. The molecule has 116 valence electrons. The van der Waals surface area contributed by atoms with Gasteiger partial charge in [0.25, 0.3) is 0 Å². The van der Waals surface area contributed by atoms with Crippen LogP contribution in [0.25, 0.3) is 0 Å². The van der Waals surface area contributed by atoms with Gasteiger partial charge in [-0.25, -0.2) is 0 Å². The summed E-state index contributed by atoms with van der Waals surface area (Å²) in [6, 6.07) is 0. The van der Waals surface area contributed by atoms with E-state index in [1.165, 1.54) is 39.0 Å². The van der Waals surface area contributed by atoms with Gasteiger partial charge in [-0.1, -0.05) is 0 Å². The first-order valence-corrected chi connectivity index (χ1v) is 8.10. The van der Waals surface area contributed by atoms with E-state index in [-0.39, 0.29) is 26.0 Å². The molecule has 0 saturated carbocycles. The molecular formula is C14H32N2NiS2+4. The van der Waals surface area contributed by atoms with Gasteiger partial charge in [0.05, 0.1) is 0 Å². The molecule has 0 unspecified atom stereocenters. The maximum absolute atomic E-state index is 3.80. The second-order valence-electron chi connectivity index (χ2n) is 7.03. The van der Waals surface area contributed by atoms with Crippen LogP contribution in [0.3, 0.4) is 0 Å². The van der Waals surface area contributed by atoms with E-state index in [4.69, 9.17) is 0 Å². The van der Waals surface area contributed by atoms with Gasteiger partial charge in [0.15, 0.2) is 0 Å². The summed E-state index contributed by atoms with van der Waals surface area (Å²) in [6.07, 6.45) is 2.56. The van der Waals surface area contributed by atoms with Crippen LogP contribution in [-0.4, -0.2) is 58.6 Å². The monoisotopic (exact) mass is 350 g/mol. The third-order valence-electron chi connectivity index (χ3n) is 3.14. The summed E-state index contributed by atoms with van der Waals surface area (Å²) in [5.41, 5.74) is 0. The quantitative estimate of drug-likeness (QED) is 0.550. The second-order valence-corrected chi connectivity index (χ2v) is 9.73. The molecule has 1 aliphatic heterocycles. The van der Waals surface area contributed by atoms with Crippen molar-refractivity contribution in [2.45, 2.75) is 50.0 Å². The standard InChI is InChI=1S/C14H30N2S2.Ni/c1-13(2,17)11-15-7-5-9-16(10-6-8-15)12-14(3,4)18;/h17-18H,5-12H2,1-4H3;/q;+2/p+2. The maximum Gasteiger partial charge on any atom is 2.00 e. The zero-order valence-electron chi connectivity index (χ0n) is 12.9. The summed E-state index contributed by atoms with van der Waals surface area (Å²) in [7, 11) is 0. The van der Waals surface area contributed by atoms with E-state index in [0.717, 1.165) is 13.1 Å². The fourth-order valence-corrected chi connectivity index (χ4v) is 3.14. The molecule has 0 radical (unpaired) electrons. The van der Waals surface area contributed by atoms with E-state index >= 15 is 0 Å². The Bertz CT molecular complexity index is 215. The summed E-state index contributed by atoms with van der Waals surface area (Å²) >= 11 is 7.61. The molecule has 0 N–H and O–H groups in total. The average molecular weight is 351 g/mol. The molecule has 0 atom stereocenters. The predicted octanol–water partition coefficient (Wildman–Crippen LogP) is 0.962. The molecule has 1 saturated heterocycles. The molecule has 0 amide bonds. The van der Waals surface area contributed by atoms with Crippen LogP contribution in [-0.2, 0) is 41.7 Å². The minimum absolute atomic E-state index is 0. The Kier molecular flexibility index (Phi) is 9.03. The average Bonchev–Trinajstić information content (AvgIpc) is 2.08. The van der Waals surface area contributed by atoms with Gasteiger partial charge in [-0.2, -0.15) is 0 Å². The number of rotatable bonds is 4. The van der Waals surface area contributed by atoms with Gasteiger partial charge in [0.2, 0.25) is 0 Å². The third kappa shape index (κ3) is 10.5. The minimum Gasteiger partial charge on any atom is -0.298 e. The van der Waals surface area contributed by atoms with Gasteiger partial charge in [0.1, 0.15) is 9.49 Å². The Labute approximate surface area is 140 Å². The van der Waals surface area contributed by atoms with Crippen molar-refractivity contribution < 1.29 is 16.5 Å². The Balaban J connectivity index is 0.00000324. The zero-order chi connectivity index (χ0) is 13.8. The van der Waals surface area contributed by atoms with Crippen molar-refractivity contribution in [1.29, 1.82) is 0 Å². The van der Waals surface area contributed by atoms with Gasteiger partial charge in [-0.05, 0) is 92.0 Å². The van der Waals surface area contributed by atoms with Crippen molar-refractivity contribution in [2.75, 3.05) is 39.3 Å². The molecular weight excluding hydrogens is 319 g/mol. The molecule has 1 fully saturated rings. The maximum atomic E-state index is 3.80. The SMILES string of the molecule is CC(C)([SH2+])CN1CCCN(CC(C)(C)[SH2+])CCC1.[Ni+2]. The fourth-order valence-electron chi connectivity index (χ4n) is 2.69. The van der Waals surface area contributed by atoms with Crippen molar-refractivity contribution in [3.05, 3.63) is 0 Å². The molecule has 19 heavy (non-hydrogen) atoms. The van der Waals surface area contributed by atoms with E-state index in [1.54, 1.807) is 0 Å². The topological polar surface area (TPSA) is 6.48 Å². The molecule has 1 rings (SSSR count). The van der Waals surface area contributed by atoms with Crippen molar-refractivity contribution in [3.8, 4) is 0 Å². The van der Waals surface area contributed by atoms with Gasteiger partial charge in [-0.3, -0.25) is 9.80 Å². The fraction of sp³-hybridized carbons (Fsp3) is 1.00. The van der Waals surface area contributed by atoms with Crippen molar-refractivity contribution >= 4 is 25.3 Å². The van der Waals surface area contributed by atoms with E-state index in [0.29, 0.717) is 0 Å². The first-order valence-electron chi connectivity index (χ1n) is 7.10. The summed E-state index contributed by atoms with van der Waals surface area (Å²) < 4.78 is 0.465. The van der Waals surface area contributed by atoms with E-state index < -0.39 is 0 Å². The Morgan fingerprint density at radius 1 is 0.737 bits per heavy atom. The smallest absolute Gasteiger partial charge is 0.298 e. The van der Waals surface area contributed by atoms with Crippen LogP contribution in [0.1, 0.15) is 40.5 Å². The van der Waals surface area contributed by atoms with Crippen LogP contribution in [0.4, 0.5) is 0 Å². The largest absolute Gasteiger partial charge is 2.00 e. The van der Waals surface area contributed by atoms with E-state index in [2.05, 4.69) is 62.8 Å². The first-order chi connectivity index (χ1) is 8.16.